The van der Waals surface area contributed by atoms with E-state index in [0.717, 1.165) is 12.1 Å². The fourth-order valence-corrected chi connectivity index (χ4v) is 4.14. The number of carbonyl (C=O) groups excluding carboxylic acids is 2. The van der Waals surface area contributed by atoms with Gasteiger partial charge in [-0.25, -0.2) is 8.78 Å². The Morgan fingerprint density at radius 3 is 2.31 bits per heavy atom. The number of hydrogen-bond acceptors (Lipinski definition) is 4. The number of anilines is 1. The van der Waals surface area contributed by atoms with Gasteiger partial charge in [0.1, 0.15) is 0 Å². The van der Waals surface area contributed by atoms with Gasteiger partial charge in [-0.15, -0.1) is 0 Å². The van der Waals surface area contributed by atoms with Gasteiger partial charge in [-0.2, -0.15) is 0 Å². The van der Waals surface area contributed by atoms with Crippen LogP contribution >= 0.6 is 0 Å². The van der Waals surface area contributed by atoms with Crippen molar-refractivity contribution in [3.8, 4) is 0 Å². The third kappa shape index (κ3) is 5.30. The van der Waals surface area contributed by atoms with E-state index < -0.39 is 17.7 Å². The Hall–Kier alpha value is -2.06. The lowest BCUT2D eigenvalue weighted by atomic mass is 9.93. The smallest absolute Gasteiger partial charge is 0.241 e. The van der Waals surface area contributed by atoms with Gasteiger partial charge in [-0.3, -0.25) is 14.5 Å². The lowest BCUT2D eigenvalue weighted by molar-refractivity contribution is -0.149. The van der Waals surface area contributed by atoms with E-state index in [9.17, 15) is 18.4 Å². The average molecular weight is 409 g/mol. The maximum atomic E-state index is 13.3. The van der Waals surface area contributed by atoms with Gasteiger partial charge in [-0.05, 0) is 58.8 Å². The monoisotopic (exact) mass is 409 g/mol. The van der Waals surface area contributed by atoms with Crippen LogP contribution in [-0.4, -0.2) is 66.0 Å². The highest BCUT2D eigenvalue weighted by molar-refractivity contribution is 5.94. The molecule has 1 aromatic carbocycles. The minimum Gasteiger partial charge on any atom is -0.372 e. The molecule has 2 heterocycles. The number of piperidine rings is 1. The summed E-state index contributed by atoms with van der Waals surface area (Å²) in [5.41, 5.74) is 0.223. The summed E-state index contributed by atoms with van der Waals surface area (Å²) in [6.45, 7) is 8.25. The van der Waals surface area contributed by atoms with Crippen LogP contribution in [0.25, 0.3) is 0 Å². The second-order valence-corrected chi connectivity index (χ2v) is 8.10. The molecule has 3 atom stereocenters. The molecule has 2 amide bonds. The summed E-state index contributed by atoms with van der Waals surface area (Å²) in [6, 6.07) is 2.86. The number of rotatable bonds is 4. The highest BCUT2D eigenvalue weighted by atomic mass is 19.2. The molecule has 160 valence electrons. The molecule has 1 N–H and O–H groups in total. The summed E-state index contributed by atoms with van der Waals surface area (Å²) in [6.07, 6.45) is 1.48. The van der Waals surface area contributed by atoms with Crippen molar-refractivity contribution < 1.29 is 23.1 Å². The molecule has 0 radical (unpaired) electrons. The van der Waals surface area contributed by atoms with E-state index >= 15 is 0 Å². The van der Waals surface area contributed by atoms with Crippen LogP contribution in [0.4, 0.5) is 14.5 Å². The van der Waals surface area contributed by atoms with Crippen LogP contribution in [0.2, 0.25) is 0 Å². The normalized spacial score (nSPS) is 24.9. The molecular formula is C21H29F2N3O3. The number of hydrogen-bond donors (Lipinski definition) is 1. The summed E-state index contributed by atoms with van der Waals surface area (Å²) in [5.74, 6) is -2.10. The molecular weight excluding hydrogens is 380 g/mol. The van der Waals surface area contributed by atoms with Crippen molar-refractivity contribution in [3.05, 3.63) is 29.8 Å². The van der Waals surface area contributed by atoms with E-state index in [0.29, 0.717) is 39.0 Å². The van der Waals surface area contributed by atoms with Crippen LogP contribution in [0.1, 0.15) is 33.6 Å². The molecule has 3 unspecified atom stereocenters. The van der Waals surface area contributed by atoms with Gasteiger partial charge in [0.25, 0.3) is 0 Å². The molecule has 0 aliphatic carbocycles. The summed E-state index contributed by atoms with van der Waals surface area (Å²) >= 11 is 0. The van der Waals surface area contributed by atoms with Crippen LogP contribution in [0.3, 0.4) is 0 Å². The molecule has 2 aliphatic heterocycles. The molecule has 6 nitrogen and oxygen atoms in total. The molecule has 3 rings (SSSR count). The maximum Gasteiger partial charge on any atom is 0.241 e. The van der Waals surface area contributed by atoms with Gasteiger partial charge >= 0.3 is 0 Å². The molecule has 0 saturated carbocycles. The van der Waals surface area contributed by atoms with E-state index in [1.807, 2.05) is 23.6 Å². The molecule has 29 heavy (non-hydrogen) atoms. The van der Waals surface area contributed by atoms with Gasteiger partial charge in [0, 0.05) is 30.8 Å². The van der Waals surface area contributed by atoms with Gasteiger partial charge in [0.15, 0.2) is 11.6 Å². The van der Waals surface area contributed by atoms with Crippen LogP contribution in [0.15, 0.2) is 18.2 Å². The van der Waals surface area contributed by atoms with Crippen LogP contribution in [0, 0.1) is 17.6 Å². The Kier molecular flexibility index (Phi) is 6.85. The average Bonchev–Trinajstić information content (AvgIpc) is 2.69. The topological polar surface area (TPSA) is 61.9 Å². The number of benzene rings is 1. The lowest BCUT2D eigenvalue weighted by Gasteiger charge is -2.40. The molecule has 2 fully saturated rings. The van der Waals surface area contributed by atoms with Crippen molar-refractivity contribution in [3.63, 3.8) is 0 Å². The van der Waals surface area contributed by atoms with E-state index in [1.54, 1.807) is 6.92 Å². The van der Waals surface area contributed by atoms with Crippen molar-refractivity contribution in [2.24, 2.45) is 5.92 Å². The minimum atomic E-state index is -0.999. The zero-order chi connectivity index (χ0) is 21.1. The number of ether oxygens (including phenoxy) is 1. The number of amides is 2. The Balaban J connectivity index is 1.50. The molecule has 0 aromatic heterocycles. The zero-order valence-corrected chi connectivity index (χ0v) is 17.2. The summed E-state index contributed by atoms with van der Waals surface area (Å²) in [5, 5.41) is 2.63. The minimum absolute atomic E-state index is 0.0368. The second kappa shape index (κ2) is 9.17. The first-order valence-corrected chi connectivity index (χ1v) is 10.2. The van der Waals surface area contributed by atoms with Crippen molar-refractivity contribution in [2.75, 3.05) is 31.5 Å². The van der Waals surface area contributed by atoms with Crippen molar-refractivity contribution >= 4 is 17.5 Å². The number of likely N-dealkylation sites (tertiary alicyclic amines) is 1. The third-order valence-corrected chi connectivity index (χ3v) is 5.72. The Labute approximate surface area is 170 Å². The number of nitrogens with one attached hydrogen (secondary N) is 1. The van der Waals surface area contributed by atoms with Crippen LogP contribution in [0.5, 0.6) is 0 Å². The van der Waals surface area contributed by atoms with Crippen molar-refractivity contribution in [1.82, 2.24) is 9.80 Å². The molecule has 8 heteroatoms. The van der Waals surface area contributed by atoms with Gasteiger partial charge < -0.3 is 15.0 Å². The predicted octanol–water partition coefficient (Wildman–Crippen LogP) is 2.64. The molecule has 1 aromatic rings. The quantitative estimate of drug-likeness (QED) is 0.831. The van der Waals surface area contributed by atoms with E-state index in [2.05, 4.69) is 5.32 Å². The molecule has 2 aliphatic rings. The van der Waals surface area contributed by atoms with Crippen molar-refractivity contribution in [1.29, 1.82) is 0 Å². The Bertz CT molecular complexity index is 743. The maximum absolute atomic E-state index is 13.3. The van der Waals surface area contributed by atoms with Crippen LogP contribution in [-0.2, 0) is 14.3 Å². The lowest BCUT2D eigenvalue weighted by Crippen LogP contribution is -2.52. The van der Waals surface area contributed by atoms with Crippen LogP contribution < -0.4 is 5.32 Å². The van der Waals surface area contributed by atoms with E-state index in [-0.39, 0.29) is 35.6 Å². The summed E-state index contributed by atoms with van der Waals surface area (Å²) in [7, 11) is 0. The van der Waals surface area contributed by atoms with E-state index in [4.69, 9.17) is 4.74 Å². The third-order valence-electron chi connectivity index (χ3n) is 5.72. The second-order valence-electron chi connectivity index (χ2n) is 8.10. The first-order valence-electron chi connectivity index (χ1n) is 10.2. The first-order chi connectivity index (χ1) is 13.7. The van der Waals surface area contributed by atoms with Gasteiger partial charge in [0.2, 0.25) is 11.8 Å². The number of carbonyl (C=O) groups is 2. The number of halogens is 2. The highest BCUT2D eigenvalue weighted by Gasteiger charge is 2.34. The Morgan fingerprint density at radius 2 is 1.72 bits per heavy atom. The number of morpholine rings is 1. The van der Waals surface area contributed by atoms with Crippen molar-refractivity contribution in [2.45, 2.75) is 51.9 Å². The van der Waals surface area contributed by atoms with Gasteiger partial charge in [-0.1, -0.05) is 0 Å². The Morgan fingerprint density at radius 1 is 1.10 bits per heavy atom. The number of nitrogens with zero attached hydrogens (tertiary/aromatic N) is 2. The molecule has 0 bridgehead atoms. The first kappa shape index (κ1) is 21.6. The summed E-state index contributed by atoms with van der Waals surface area (Å²) < 4.78 is 32.1. The highest BCUT2D eigenvalue weighted by Crippen LogP contribution is 2.24. The zero-order valence-electron chi connectivity index (χ0n) is 17.2. The SMILES string of the molecule is CC1CN(C(=O)C2CCN(C(C)C(=O)Nc3ccc(F)c(F)c3)CC2)CC(C)O1. The fourth-order valence-electron chi connectivity index (χ4n) is 4.14. The predicted molar refractivity (Wildman–Crippen MR) is 105 cm³/mol. The molecule has 2 saturated heterocycles. The fraction of sp³-hybridized carbons (Fsp3) is 0.619. The summed E-state index contributed by atoms with van der Waals surface area (Å²) in [4.78, 5) is 29.3. The molecule has 0 spiro atoms. The standard InChI is InChI=1S/C21H29F2N3O3/c1-13-11-26(12-14(2)29-13)21(28)16-6-8-25(9-7-16)15(3)20(27)24-17-4-5-18(22)19(23)10-17/h4-5,10,13-16H,6-9,11-12H2,1-3H3,(H,24,27). The largest absolute Gasteiger partial charge is 0.372 e. The van der Waals surface area contributed by atoms with Gasteiger partial charge in [0.05, 0.1) is 18.2 Å². The van der Waals surface area contributed by atoms with E-state index in [1.165, 1.54) is 6.07 Å².